The van der Waals surface area contributed by atoms with Gasteiger partial charge in [-0.1, -0.05) is 0 Å². The van der Waals surface area contributed by atoms with Crippen LogP contribution >= 0.6 is 43.4 Å². The Morgan fingerprint density at radius 3 is 2.24 bits per heavy atom. The maximum atomic E-state index is 10.6. The van der Waals surface area contributed by atoms with Crippen molar-refractivity contribution in [1.82, 2.24) is 0 Å². The van der Waals surface area contributed by atoms with E-state index in [1.165, 1.54) is 29.0 Å². The van der Waals surface area contributed by atoms with Crippen LogP contribution in [-0.4, -0.2) is 21.6 Å². The number of unbranched alkanes of at least 4 members (excludes halogenated alkanes) is 1. The van der Waals surface area contributed by atoms with Gasteiger partial charge in [0.15, 0.2) is 0 Å². The summed E-state index contributed by atoms with van der Waals surface area (Å²) in [5, 5.41) is 2.75. The van der Waals surface area contributed by atoms with E-state index in [0.29, 0.717) is 16.7 Å². The van der Waals surface area contributed by atoms with Gasteiger partial charge in [0.25, 0.3) is 0 Å². The van der Waals surface area contributed by atoms with E-state index in [1.807, 2.05) is 27.7 Å². The zero-order valence-corrected chi connectivity index (χ0v) is 16.7. The molecule has 0 amide bonds. The van der Waals surface area contributed by atoms with Crippen molar-refractivity contribution < 1.29 is 12.8 Å². The Kier molecular flexibility index (Phi) is 9.86. The standard InChI is InChI=1S/C14H27O3PS3/c1-12(2)20-16-18(15,17-21-13(3)4)10-6-5-8-14-9-7-11-19-14/h7,9,11-13,15,18H,5-6,8,10H2,1-4H3. The summed E-state index contributed by atoms with van der Waals surface area (Å²) in [5.74, 6) is 0. The van der Waals surface area contributed by atoms with Gasteiger partial charge in [-0.3, -0.25) is 0 Å². The molecule has 0 unspecified atom stereocenters. The van der Waals surface area contributed by atoms with E-state index in [0.717, 1.165) is 19.3 Å². The molecule has 7 heteroatoms. The molecule has 124 valence electrons. The molecule has 1 rings (SSSR count). The fourth-order valence-corrected chi connectivity index (χ4v) is 6.76. The Hall–Kier alpha value is 0.710. The van der Waals surface area contributed by atoms with Gasteiger partial charge in [0.05, 0.1) is 0 Å². The van der Waals surface area contributed by atoms with Gasteiger partial charge in [-0.2, -0.15) is 0 Å². The molecule has 0 atom stereocenters. The number of thiophene rings is 1. The summed E-state index contributed by atoms with van der Waals surface area (Å²) < 4.78 is 11.3. The molecule has 0 aliphatic rings. The van der Waals surface area contributed by atoms with E-state index >= 15 is 0 Å². The minimum absolute atomic E-state index is 0.322. The summed E-state index contributed by atoms with van der Waals surface area (Å²) in [6.07, 6.45) is 3.67. The van der Waals surface area contributed by atoms with Crippen molar-refractivity contribution in [3.8, 4) is 0 Å². The van der Waals surface area contributed by atoms with Crippen molar-refractivity contribution in [2.45, 2.75) is 57.5 Å². The van der Waals surface area contributed by atoms with E-state index in [9.17, 15) is 4.89 Å². The first-order valence-electron chi connectivity index (χ1n) is 7.35. The normalized spacial score (nSPS) is 13.3. The fraction of sp³-hybridized carbons (Fsp3) is 0.714. The van der Waals surface area contributed by atoms with Crippen LogP contribution in [0.3, 0.4) is 0 Å². The van der Waals surface area contributed by atoms with Gasteiger partial charge in [0.1, 0.15) is 0 Å². The van der Waals surface area contributed by atoms with Crippen LogP contribution in [0, 0.1) is 0 Å². The van der Waals surface area contributed by atoms with Crippen molar-refractivity contribution in [1.29, 1.82) is 0 Å². The van der Waals surface area contributed by atoms with Crippen molar-refractivity contribution in [2.24, 2.45) is 0 Å². The van der Waals surface area contributed by atoms with Crippen LogP contribution in [0.1, 0.15) is 45.4 Å². The first-order chi connectivity index (χ1) is 9.91. The van der Waals surface area contributed by atoms with Crippen LogP contribution in [0.15, 0.2) is 17.5 Å². The second-order valence-corrected chi connectivity index (χ2v) is 12.0. The molecule has 3 nitrogen and oxygen atoms in total. The summed E-state index contributed by atoms with van der Waals surface area (Å²) in [6, 6.07) is 4.24. The molecular weight excluding hydrogens is 343 g/mol. The predicted octanol–water partition coefficient (Wildman–Crippen LogP) is 5.70. The zero-order chi connectivity index (χ0) is 15.7. The van der Waals surface area contributed by atoms with Crippen LogP contribution in [0.25, 0.3) is 0 Å². The molecule has 0 fully saturated rings. The van der Waals surface area contributed by atoms with Crippen molar-refractivity contribution in [3.63, 3.8) is 0 Å². The van der Waals surface area contributed by atoms with E-state index in [2.05, 4.69) is 17.5 Å². The number of rotatable bonds is 11. The minimum atomic E-state index is -3.07. The van der Waals surface area contributed by atoms with Crippen LogP contribution in [0.4, 0.5) is 0 Å². The average Bonchev–Trinajstić information content (AvgIpc) is 2.93. The molecule has 0 saturated heterocycles. The summed E-state index contributed by atoms with van der Waals surface area (Å²) in [5.41, 5.74) is 0. The van der Waals surface area contributed by atoms with Crippen molar-refractivity contribution >= 4 is 43.4 Å². The van der Waals surface area contributed by atoms with Crippen LogP contribution in [0.2, 0.25) is 0 Å². The molecule has 21 heavy (non-hydrogen) atoms. The van der Waals surface area contributed by atoms with Crippen molar-refractivity contribution in [2.75, 3.05) is 6.16 Å². The summed E-state index contributed by atoms with van der Waals surface area (Å²) in [7, 11) is -3.07. The van der Waals surface area contributed by atoms with Gasteiger partial charge < -0.3 is 0 Å². The molecule has 1 heterocycles. The topological polar surface area (TPSA) is 38.7 Å². The molecule has 0 bridgehead atoms. The van der Waals surface area contributed by atoms with E-state index in [4.69, 9.17) is 7.94 Å². The van der Waals surface area contributed by atoms with Crippen LogP contribution in [0.5, 0.6) is 0 Å². The van der Waals surface area contributed by atoms with Gasteiger partial charge in [-0.15, -0.1) is 0 Å². The van der Waals surface area contributed by atoms with Gasteiger partial charge in [0.2, 0.25) is 0 Å². The Morgan fingerprint density at radius 1 is 1.14 bits per heavy atom. The SMILES string of the molecule is CC(C)SO[PH](O)(CCCCc1cccs1)OSC(C)C. The van der Waals surface area contributed by atoms with Crippen LogP contribution < -0.4 is 0 Å². The molecule has 0 saturated carbocycles. The first-order valence-corrected chi connectivity index (χ1v) is 11.8. The third kappa shape index (κ3) is 9.44. The first kappa shape index (κ1) is 19.8. The quantitative estimate of drug-likeness (QED) is 0.307. The molecule has 1 aromatic heterocycles. The number of hydrogen-bond donors (Lipinski definition) is 1. The average molecular weight is 371 g/mol. The summed E-state index contributed by atoms with van der Waals surface area (Å²) in [6.45, 7) is 8.19. The maximum absolute atomic E-state index is 10.6. The Balaban J connectivity index is 2.35. The monoisotopic (exact) mass is 370 g/mol. The van der Waals surface area contributed by atoms with Gasteiger partial charge in [-0.25, -0.2) is 0 Å². The van der Waals surface area contributed by atoms with E-state index < -0.39 is 7.94 Å². The number of aryl methyl sites for hydroxylation is 1. The molecule has 1 aromatic rings. The van der Waals surface area contributed by atoms with E-state index in [-0.39, 0.29) is 0 Å². The molecule has 0 aliphatic carbocycles. The molecule has 0 radical (unpaired) electrons. The van der Waals surface area contributed by atoms with Crippen molar-refractivity contribution in [3.05, 3.63) is 22.4 Å². The summed E-state index contributed by atoms with van der Waals surface area (Å²) >= 11 is 4.43. The zero-order valence-electron chi connectivity index (χ0n) is 13.2. The van der Waals surface area contributed by atoms with Gasteiger partial charge in [0, 0.05) is 0 Å². The Bertz CT molecular complexity index is 360. The van der Waals surface area contributed by atoms with E-state index in [1.54, 1.807) is 11.3 Å². The Morgan fingerprint density at radius 2 is 1.76 bits per heavy atom. The molecule has 0 spiro atoms. The molecule has 1 N–H and O–H groups in total. The number of hydrogen-bond acceptors (Lipinski definition) is 6. The third-order valence-electron chi connectivity index (χ3n) is 2.49. The molecule has 0 aliphatic heterocycles. The third-order valence-corrected chi connectivity index (χ3v) is 8.03. The Labute approximate surface area is 142 Å². The second-order valence-electron chi connectivity index (χ2n) is 5.46. The molecular formula is C14H27O3PS3. The second kappa shape index (κ2) is 10.5. The molecule has 0 aromatic carbocycles. The van der Waals surface area contributed by atoms with Gasteiger partial charge >= 0.3 is 142 Å². The predicted molar refractivity (Wildman–Crippen MR) is 100 cm³/mol. The summed E-state index contributed by atoms with van der Waals surface area (Å²) in [4.78, 5) is 12.0. The fourth-order valence-electron chi connectivity index (χ4n) is 1.54. The van der Waals surface area contributed by atoms with Gasteiger partial charge in [-0.05, 0) is 0 Å². The van der Waals surface area contributed by atoms with Crippen LogP contribution in [-0.2, 0) is 14.4 Å².